The highest BCUT2D eigenvalue weighted by Crippen LogP contribution is 2.22. The van der Waals surface area contributed by atoms with Gasteiger partial charge < -0.3 is 30.7 Å². The Morgan fingerprint density at radius 1 is 1.02 bits per heavy atom. The van der Waals surface area contributed by atoms with Gasteiger partial charge in [0.2, 0.25) is 5.91 Å². The summed E-state index contributed by atoms with van der Waals surface area (Å²) in [5, 5.41) is 20.3. The summed E-state index contributed by atoms with van der Waals surface area (Å²) < 4.78 is 5.85. The molecular weight excluding hydrogens is 568 g/mol. The van der Waals surface area contributed by atoms with E-state index in [1.54, 1.807) is 25.3 Å². The molecule has 0 heterocycles. The van der Waals surface area contributed by atoms with Crippen LogP contribution in [0, 0.1) is 13.8 Å². The average Bonchev–Trinajstić information content (AvgIpc) is 3.00. The number of rotatable bonds is 18. The van der Waals surface area contributed by atoms with Crippen LogP contribution in [-0.2, 0) is 16.0 Å². The number of carbonyl (C=O) groups is 3. The van der Waals surface area contributed by atoms with Crippen molar-refractivity contribution in [2.45, 2.75) is 77.6 Å². The summed E-state index contributed by atoms with van der Waals surface area (Å²) in [6.45, 7) is 15.5. The molecule has 2 aromatic rings. The number of allylic oxidation sites excluding steroid dienone is 3. The van der Waals surface area contributed by atoms with Gasteiger partial charge in [-0.1, -0.05) is 92.4 Å². The number of nitrogens with one attached hydrogen (secondary N) is 3. The molecule has 0 aliphatic carbocycles. The quantitative estimate of drug-likeness (QED) is 0.180. The Morgan fingerprint density at radius 2 is 1.69 bits per heavy atom. The van der Waals surface area contributed by atoms with Gasteiger partial charge in [-0.15, -0.1) is 0 Å². The lowest BCUT2D eigenvalue weighted by Crippen LogP contribution is -2.54. The van der Waals surface area contributed by atoms with E-state index in [1.807, 2.05) is 76.2 Å². The van der Waals surface area contributed by atoms with Gasteiger partial charge >= 0.3 is 6.03 Å². The third kappa shape index (κ3) is 12.3. The molecule has 0 fully saturated rings. The minimum absolute atomic E-state index is 0.142. The first-order valence-corrected chi connectivity index (χ1v) is 15.5. The highest BCUT2D eigenvalue weighted by molar-refractivity contribution is 5.87. The summed E-state index contributed by atoms with van der Waals surface area (Å²) in [5.74, 6) is -0.0578. The molecule has 9 nitrogen and oxygen atoms in total. The van der Waals surface area contributed by atoms with Crippen molar-refractivity contribution >= 4 is 17.8 Å². The number of urea groups is 1. The molecule has 0 saturated heterocycles. The van der Waals surface area contributed by atoms with Crippen molar-refractivity contribution in [3.8, 4) is 5.75 Å². The Labute approximate surface area is 268 Å². The second-order valence-corrected chi connectivity index (χ2v) is 11.2. The topological polar surface area (TPSA) is 120 Å². The van der Waals surface area contributed by atoms with Crippen LogP contribution in [0.4, 0.5) is 4.79 Å². The zero-order chi connectivity index (χ0) is 33.4. The summed E-state index contributed by atoms with van der Waals surface area (Å²) in [5.41, 5.74) is 3.50. The van der Waals surface area contributed by atoms with E-state index < -0.39 is 24.2 Å². The summed E-state index contributed by atoms with van der Waals surface area (Å²) in [6.07, 6.45) is 5.37. The molecule has 0 saturated carbocycles. The Hall–Kier alpha value is -4.37. The standard InChI is InChI=1S/C36H50N4O5/c1-8-11-16-25(4)21-30(39-33(42)24-45-34-26(5)17-15-18-27(34)6)32(41)23-29(22-28-19-13-12-14-20-28)38-35(43)31(9-2)40(7)36(44)37-10-3/h8,11-20,29-32,41H,1,4,9-10,21-24H2,2-3,5-7H3,(H,37,44)(H,38,43)(H,39,42)/b16-11-/t29-,30-,31?,32-/m0/s1. The molecule has 9 heteroatoms. The van der Waals surface area contributed by atoms with Crippen LogP contribution in [0.1, 0.15) is 49.8 Å². The fourth-order valence-corrected chi connectivity index (χ4v) is 5.15. The minimum atomic E-state index is -1.04. The van der Waals surface area contributed by atoms with Crippen LogP contribution in [0.5, 0.6) is 5.75 Å². The maximum absolute atomic E-state index is 13.5. The van der Waals surface area contributed by atoms with E-state index in [0.717, 1.165) is 16.7 Å². The van der Waals surface area contributed by atoms with E-state index in [-0.39, 0.29) is 37.3 Å². The monoisotopic (exact) mass is 618 g/mol. The summed E-state index contributed by atoms with van der Waals surface area (Å²) in [7, 11) is 1.59. The molecule has 2 rings (SSSR count). The predicted molar refractivity (Wildman–Crippen MR) is 180 cm³/mol. The van der Waals surface area contributed by atoms with Gasteiger partial charge in [0.05, 0.1) is 12.1 Å². The molecule has 0 aromatic heterocycles. The first kappa shape index (κ1) is 36.8. The summed E-state index contributed by atoms with van der Waals surface area (Å²) in [6, 6.07) is 13.2. The molecule has 0 bridgehead atoms. The van der Waals surface area contributed by atoms with Crippen LogP contribution >= 0.6 is 0 Å². The van der Waals surface area contributed by atoms with Crippen LogP contribution in [0.2, 0.25) is 0 Å². The van der Waals surface area contributed by atoms with E-state index in [9.17, 15) is 19.5 Å². The number of benzene rings is 2. The van der Waals surface area contributed by atoms with Gasteiger partial charge in [0.15, 0.2) is 6.61 Å². The van der Waals surface area contributed by atoms with E-state index >= 15 is 0 Å². The Morgan fingerprint density at radius 3 is 2.29 bits per heavy atom. The Bertz CT molecular complexity index is 1290. The Kier molecular flexibility index (Phi) is 15.6. The van der Waals surface area contributed by atoms with E-state index in [0.29, 0.717) is 30.7 Å². The molecule has 4 N–H and O–H groups in total. The van der Waals surface area contributed by atoms with E-state index in [2.05, 4.69) is 29.1 Å². The van der Waals surface area contributed by atoms with Crippen LogP contribution in [0.3, 0.4) is 0 Å². The second kappa shape index (κ2) is 19.1. The van der Waals surface area contributed by atoms with Gasteiger partial charge in [-0.2, -0.15) is 0 Å². The lowest BCUT2D eigenvalue weighted by atomic mass is 9.93. The minimum Gasteiger partial charge on any atom is -0.483 e. The number of amides is 4. The molecule has 4 atom stereocenters. The fourth-order valence-electron chi connectivity index (χ4n) is 5.15. The number of aliphatic hydroxyl groups is 1. The number of likely N-dealkylation sites (N-methyl/N-ethyl adjacent to an activating group) is 1. The highest BCUT2D eigenvalue weighted by atomic mass is 16.5. The van der Waals surface area contributed by atoms with Crippen molar-refractivity contribution in [1.29, 1.82) is 0 Å². The average molecular weight is 619 g/mol. The Balaban J connectivity index is 2.27. The number of aryl methyl sites for hydroxylation is 2. The van der Waals surface area contributed by atoms with Gasteiger partial charge in [0, 0.05) is 19.6 Å². The lowest BCUT2D eigenvalue weighted by Gasteiger charge is -2.31. The number of para-hydroxylation sites is 1. The number of hydrogen-bond acceptors (Lipinski definition) is 5. The number of carbonyl (C=O) groups excluding carboxylic acids is 3. The van der Waals surface area contributed by atoms with Crippen molar-refractivity contribution in [3.05, 3.63) is 102 Å². The van der Waals surface area contributed by atoms with Gasteiger partial charge in [0.1, 0.15) is 11.8 Å². The zero-order valence-corrected chi connectivity index (χ0v) is 27.3. The van der Waals surface area contributed by atoms with Crippen molar-refractivity contribution in [2.24, 2.45) is 0 Å². The molecule has 0 aliphatic rings. The van der Waals surface area contributed by atoms with Crippen molar-refractivity contribution in [3.63, 3.8) is 0 Å². The van der Waals surface area contributed by atoms with Gasteiger partial charge in [-0.3, -0.25) is 9.59 Å². The van der Waals surface area contributed by atoms with Gasteiger partial charge in [-0.05, 0) is 63.1 Å². The van der Waals surface area contributed by atoms with Crippen molar-refractivity contribution in [1.82, 2.24) is 20.9 Å². The van der Waals surface area contributed by atoms with Gasteiger partial charge in [-0.25, -0.2) is 4.79 Å². The molecule has 4 amide bonds. The molecule has 1 unspecified atom stereocenters. The van der Waals surface area contributed by atoms with Crippen LogP contribution < -0.4 is 20.7 Å². The first-order valence-electron chi connectivity index (χ1n) is 15.5. The molecule has 0 spiro atoms. The van der Waals surface area contributed by atoms with Crippen LogP contribution in [-0.4, -0.2) is 72.3 Å². The first-order chi connectivity index (χ1) is 21.5. The van der Waals surface area contributed by atoms with E-state index in [1.165, 1.54) is 4.90 Å². The zero-order valence-electron chi connectivity index (χ0n) is 27.3. The van der Waals surface area contributed by atoms with Crippen LogP contribution in [0.25, 0.3) is 0 Å². The van der Waals surface area contributed by atoms with E-state index in [4.69, 9.17) is 4.74 Å². The number of hydrogen-bond donors (Lipinski definition) is 4. The SMILES string of the molecule is C=C/C=C\C(=C)C[C@H](NC(=O)COc1c(C)cccc1C)[C@@H](O)C[C@H](Cc1ccccc1)NC(=O)C(CC)N(C)C(=O)NCC. The number of nitrogens with zero attached hydrogens (tertiary/aromatic N) is 1. The summed E-state index contributed by atoms with van der Waals surface area (Å²) >= 11 is 0. The highest BCUT2D eigenvalue weighted by Gasteiger charge is 2.30. The third-order valence-electron chi connectivity index (χ3n) is 7.52. The van der Waals surface area contributed by atoms with Crippen molar-refractivity contribution in [2.75, 3.05) is 20.2 Å². The maximum Gasteiger partial charge on any atom is 0.317 e. The van der Waals surface area contributed by atoms with Gasteiger partial charge in [0.25, 0.3) is 5.91 Å². The lowest BCUT2D eigenvalue weighted by molar-refractivity contribution is -0.127. The van der Waals surface area contributed by atoms with Crippen molar-refractivity contribution < 1.29 is 24.2 Å². The number of ether oxygens (including phenoxy) is 1. The largest absolute Gasteiger partial charge is 0.483 e. The smallest absolute Gasteiger partial charge is 0.317 e. The predicted octanol–water partition coefficient (Wildman–Crippen LogP) is 4.77. The maximum atomic E-state index is 13.5. The molecule has 244 valence electrons. The molecule has 45 heavy (non-hydrogen) atoms. The molecule has 0 aliphatic heterocycles. The van der Waals surface area contributed by atoms with Crippen LogP contribution in [0.15, 0.2) is 85.5 Å². The normalized spacial score (nSPS) is 13.6. The summed E-state index contributed by atoms with van der Waals surface area (Å²) in [4.78, 5) is 40.5. The molecule has 0 radical (unpaired) electrons. The third-order valence-corrected chi connectivity index (χ3v) is 7.52. The second-order valence-electron chi connectivity index (χ2n) is 11.2. The fraction of sp³-hybridized carbons (Fsp3) is 0.417. The number of aliphatic hydroxyl groups excluding tert-OH is 1. The molecule has 2 aromatic carbocycles. The molecular formula is C36H50N4O5.